The van der Waals surface area contributed by atoms with Crippen molar-refractivity contribution in [1.29, 1.82) is 0 Å². The highest BCUT2D eigenvalue weighted by molar-refractivity contribution is 5.98. The van der Waals surface area contributed by atoms with Gasteiger partial charge in [0.2, 0.25) is 11.8 Å². The van der Waals surface area contributed by atoms with Gasteiger partial charge in [-0.2, -0.15) is 0 Å². The van der Waals surface area contributed by atoms with Crippen molar-refractivity contribution in [3.63, 3.8) is 0 Å². The molecule has 0 aliphatic carbocycles. The molecule has 1 aliphatic heterocycles. The average molecular weight is 354 g/mol. The highest BCUT2D eigenvalue weighted by Gasteiger charge is 2.35. The van der Waals surface area contributed by atoms with Crippen molar-refractivity contribution < 1.29 is 14.0 Å². The number of nitrogens with zero attached hydrogens (tertiary/aromatic N) is 1. The molecule has 2 amide bonds. The van der Waals surface area contributed by atoms with Crippen molar-refractivity contribution in [2.75, 3.05) is 16.8 Å². The van der Waals surface area contributed by atoms with Crippen LogP contribution in [0.25, 0.3) is 0 Å². The number of para-hydroxylation sites is 1. The van der Waals surface area contributed by atoms with E-state index in [4.69, 9.17) is 0 Å². The smallest absolute Gasteiger partial charge is 0.227 e. The van der Waals surface area contributed by atoms with Crippen molar-refractivity contribution in [2.45, 2.75) is 38.5 Å². The van der Waals surface area contributed by atoms with Gasteiger partial charge in [-0.05, 0) is 36.2 Å². The molecule has 0 unspecified atom stereocenters. The molecule has 1 N–H and O–H groups in total. The molecule has 0 spiro atoms. The third-order valence-corrected chi connectivity index (χ3v) is 4.71. The van der Waals surface area contributed by atoms with Crippen LogP contribution in [-0.2, 0) is 15.0 Å². The SMILES string of the molecule is CC1(C)CC(=O)N(CCCC(=O)Nc2cccc(F)c2)c2ccccc21. The Kier molecular flexibility index (Phi) is 5.07. The number of hydrogen-bond donors (Lipinski definition) is 1. The molecular weight excluding hydrogens is 331 g/mol. The van der Waals surface area contributed by atoms with E-state index in [0.29, 0.717) is 25.1 Å². The summed E-state index contributed by atoms with van der Waals surface area (Å²) < 4.78 is 13.2. The average Bonchev–Trinajstić information content (AvgIpc) is 2.57. The molecule has 1 aliphatic rings. The number of nitrogens with one attached hydrogen (secondary N) is 1. The van der Waals surface area contributed by atoms with Crippen LogP contribution in [-0.4, -0.2) is 18.4 Å². The van der Waals surface area contributed by atoms with Crippen LogP contribution < -0.4 is 10.2 Å². The lowest BCUT2D eigenvalue weighted by Crippen LogP contribution is -2.42. The number of carbonyl (C=O) groups excluding carboxylic acids is 2. The Morgan fingerprint density at radius 3 is 2.73 bits per heavy atom. The first kappa shape index (κ1) is 18.1. The summed E-state index contributed by atoms with van der Waals surface area (Å²) in [6.07, 6.45) is 1.27. The van der Waals surface area contributed by atoms with Gasteiger partial charge in [0.05, 0.1) is 0 Å². The maximum atomic E-state index is 13.2. The molecule has 2 aromatic carbocycles. The number of carbonyl (C=O) groups is 2. The number of fused-ring (bicyclic) bond motifs is 1. The maximum Gasteiger partial charge on any atom is 0.227 e. The van der Waals surface area contributed by atoms with Gasteiger partial charge in [-0.25, -0.2) is 4.39 Å². The molecule has 0 saturated heterocycles. The number of anilines is 2. The molecule has 3 rings (SSSR count). The highest BCUT2D eigenvalue weighted by atomic mass is 19.1. The van der Waals surface area contributed by atoms with E-state index in [2.05, 4.69) is 25.2 Å². The molecule has 1 heterocycles. The Morgan fingerprint density at radius 1 is 1.19 bits per heavy atom. The fourth-order valence-electron chi connectivity index (χ4n) is 3.42. The summed E-state index contributed by atoms with van der Waals surface area (Å²) in [5, 5.41) is 2.68. The van der Waals surface area contributed by atoms with Crippen molar-refractivity contribution in [3.8, 4) is 0 Å². The summed E-state index contributed by atoms with van der Waals surface area (Å²) >= 11 is 0. The third kappa shape index (κ3) is 3.93. The lowest BCUT2D eigenvalue weighted by atomic mass is 9.77. The van der Waals surface area contributed by atoms with Crippen LogP contribution in [0.2, 0.25) is 0 Å². The van der Waals surface area contributed by atoms with Crippen LogP contribution in [0.5, 0.6) is 0 Å². The lowest BCUT2D eigenvalue weighted by molar-refractivity contribution is -0.120. The normalized spacial score (nSPS) is 15.5. The number of rotatable bonds is 5. The van der Waals surface area contributed by atoms with E-state index in [1.165, 1.54) is 12.1 Å². The second-order valence-corrected chi connectivity index (χ2v) is 7.29. The van der Waals surface area contributed by atoms with Crippen LogP contribution in [0.3, 0.4) is 0 Å². The van der Waals surface area contributed by atoms with Gasteiger partial charge >= 0.3 is 0 Å². The summed E-state index contributed by atoms with van der Waals surface area (Å²) in [5.74, 6) is -0.492. The molecule has 0 aromatic heterocycles. The zero-order valence-electron chi connectivity index (χ0n) is 15.1. The first-order valence-electron chi connectivity index (χ1n) is 8.82. The molecule has 26 heavy (non-hydrogen) atoms. The van der Waals surface area contributed by atoms with E-state index in [9.17, 15) is 14.0 Å². The minimum Gasteiger partial charge on any atom is -0.326 e. The largest absolute Gasteiger partial charge is 0.326 e. The predicted molar refractivity (Wildman–Crippen MR) is 101 cm³/mol. The van der Waals surface area contributed by atoms with Crippen molar-refractivity contribution in [3.05, 3.63) is 59.9 Å². The van der Waals surface area contributed by atoms with Gasteiger partial charge in [0.25, 0.3) is 0 Å². The lowest BCUT2D eigenvalue weighted by Gasteiger charge is -2.38. The first-order valence-corrected chi connectivity index (χ1v) is 8.82. The van der Waals surface area contributed by atoms with E-state index >= 15 is 0 Å². The zero-order valence-corrected chi connectivity index (χ0v) is 15.1. The minimum atomic E-state index is -0.388. The standard InChI is InChI=1S/C21H23FN2O2/c1-21(2)14-20(26)24(18-10-4-3-9-17(18)21)12-6-11-19(25)23-16-8-5-7-15(22)13-16/h3-5,7-10,13H,6,11-12,14H2,1-2H3,(H,23,25). The molecule has 0 bridgehead atoms. The molecule has 4 nitrogen and oxygen atoms in total. The fraction of sp³-hybridized carbons (Fsp3) is 0.333. The monoisotopic (exact) mass is 354 g/mol. The van der Waals surface area contributed by atoms with Gasteiger partial charge in [0, 0.05) is 36.2 Å². The zero-order chi connectivity index (χ0) is 18.7. The summed E-state index contributed by atoms with van der Waals surface area (Å²) in [6.45, 7) is 4.64. The number of amides is 2. The van der Waals surface area contributed by atoms with Crippen LogP contribution >= 0.6 is 0 Å². The van der Waals surface area contributed by atoms with Gasteiger partial charge in [-0.1, -0.05) is 38.1 Å². The molecule has 5 heteroatoms. The molecule has 0 fully saturated rings. The van der Waals surface area contributed by atoms with Gasteiger partial charge in [0.15, 0.2) is 0 Å². The molecule has 0 atom stereocenters. The number of benzene rings is 2. The Hall–Kier alpha value is -2.69. The molecule has 0 radical (unpaired) electrons. The quantitative estimate of drug-likeness (QED) is 0.872. The summed E-state index contributed by atoms with van der Waals surface area (Å²) in [7, 11) is 0. The van der Waals surface area contributed by atoms with Crippen LogP contribution in [0.4, 0.5) is 15.8 Å². The van der Waals surface area contributed by atoms with Crippen LogP contribution in [0.15, 0.2) is 48.5 Å². The maximum absolute atomic E-state index is 13.2. The van der Waals surface area contributed by atoms with E-state index in [1.807, 2.05) is 18.2 Å². The van der Waals surface area contributed by atoms with Crippen molar-refractivity contribution in [1.82, 2.24) is 0 Å². The number of halogens is 1. The van der Waals surface area contributed by atoms with Gasteiger partial charge < -0.3 is 10.2 Å². The minimum absolute atomic E-state index is 0.0826. The molecule has 136 valence electrons. The molecule has 0 saturated carbocycles. The first-order chi connectivity index (χ1) is 12.4. The van der Waals surface area contributed by atoms with Gasteiger partial charge in [0.1, 0.15) is 5.82 Å². The van der Waals surface area contributed by atoms with Gasteiger partial charge in [-0.15, -0.1) is 0 Å². The topological polar surface area (TPSA) is 49.4 Å². The van der Waals surface area contributed by atoms with E-state index in [1.54, 1.807) is 17.0 Å². The Balaban J connectivity index is 1.61. The number of hydrogen-bond acceptors (Lipinski definition) is 2. The Morgan fingerprint density at radius 2 is 1.96 bits per heavy atom. The van der Waals surface area contributed by atoms with Crippen LogP contribution in [0.1, 0.15) is 38.7 Å². The third-order valence-electron chi connectivity index (χ3n) is 4.71. The summed E-state index contributed by atoms with van der Waals surface area (Å²) in [5.41, 5.74) is 2.35. The predicted octanol–water partition coefficient (Wildman–Crippen LogP) is 4.26. The fourth-order valence-corrected chi connectivity index (χ4v) is 3.42. The summed E-state index contributed by atoms with van der Waals surface area (Å²) in [6, 6.07) is 13.7. The van der Waals surface area contributed by atoms with Gasteiger partial charge in [-0.3, -0.25) is 9.59 Å². The summed E-state index contributed by atoms with van der Waals surface area (Å²) in [4.78, 5) is 26.4. The Labute approximate surface area is 153 Å². The van der Waals surface area contributed by atoms with E-state index in [-0.39, 0.29) is 29.5 Å². The highest BCUT2D eigenvalue weighted by Crippen LogP contribution is 2.39. The Bertz CT molecular complexity index is 832. The molecular formula is C21H23FN2O2. The van der Waals surface area contributed by atoms with Crippen molar-refractivity contribution in [2.24, 2.45) is 0 Å². The van der Waals surface area contributed by atoms with Crippen molar-refractivity contribution >= 4 is 23.2 Å². The van der Waals surface area contributed by atoms with E-state index < -0.39 is 0 Å². The van der Waals surface area contributed by atoms with E-state index in [0.717, 1.165) is 11.3 Å². The second kappa shape index (κ2) is 7.28. The van der Waals surface area contributed by atoms with Crippen LogP contribution in [0, 0.1) is 5.82 Å². The molecule has 2 aromatic rings. The second-order valence-electron chi connectivity index (χ2n) is 7.29.